The molecule has 1 aliphatic heterocycles. The summed E-state index contributed by atoms with van der Waals surface area (Å²) in [6, 6.07) is 5.20. The zero-order valence-corrected chi connectivity index (χ0v) is 11.2. The number of hydrogen-bond donors (Lipinski definition) is 2. The van der Waals surface area contributed by atoms with E-state index in [0.29, 0.717) is 11.6 Å². The van der Waals surface area contributed by atoms with Crippen molar-refractivity contribution >= 4 is 23.2 Å². The molecule has 4 nitrogen and oxygen atoms in total. The Morgan fingerprint density at radius 1 is 1.56 bits per heavy atom. The first kappa shape index (κ1) is 13.2. The molecule has 1 saturated heterocycles. The number of nitrogens with zero attached hydrogens (tertiary/aromatic N) is 1. The molecule has 0 aromatic heterocycles. The molecule has 0 spiro atoms. The highest BCUT2D eigenvalue weighted by molar-refractivity contribution is 6.31. The number of benzene rings is 1. The van der Waals surface area contributed by atoms with Crippen LogP contribution in [0.4, 0.5) is 5.69 Å². The lowest BCUT2D eigenvalue weighted by atomic mass is 10.1. The lowest BCUT2D eigenvalue weighted by molar-refractivity contribution is -0.125. The van der Waals surface area contributed by atoms with Gasteiger partial charge in [0.15, 0.2) is 0 Å². The van der Waals surface area contributed by atoms with Crippen LogP contribution in [0.25, 0.3) is 0 Å². The maximum atomic E-state index is 11.8. The molecule has 0 bridgehead atoms. The highest BCUT2D eigenvalue weighted by atomic mass is 35.5. The summed E-state index contributed by atoms with van der Waals surface area (Å²) in [6.45, 7) is 4.33. The van der Waals surface area contributed by atoms with Crippen molar-refractivity contribution in [3.8, 4) is 0 Å². The third-order valence-electron chi connectivity index (χ3n) is 3.20. The van der Waals surface area contributed by atoms with Gasteiger partial charge in [-0.1, -0.05) is 17.7 Å². The van der Waals surface area contributed by atoms with Gasteiger partial charge in [-0.3, -0.25) is 4.79 Å². The molecule has 2 unspecified atom stereocenters. The molecule has 98 valence electrons. The zero-order valence-electron chi connectivity index (χ0n) is 10.5. The van der Waals surface area contributed by atoms with Gasteiger partial charge in [0.05, 0.1) is 6.61 Å². The van der Waals surface area contributed by atoms with Crippen LogP contribution in [-0.4, -0.2) is 36.2 Å². The first-order valence-corrected chi connectivity index (χ1v) is 6.34. The van der Waals surface area contributed by atoms with E-state index in [4.69, 9.17) is 11.6 Å². The second-order valence-corrected chi connectivity index (χ2v) is 5.10. The fourth-order valence-corrected chi connectivity index (χ4v) is 2.35. The quantitative estimate of drug-likeness (QED) is 0.851. The second-order valence-electron chi connectivity index (χ2n) is 4.69. The van der Waals surface area contributed by atoms with Gasteiger partial charge in [-0.15, -0.1) is 0 Å². The van der Waals surface area contributed by atoms with Gasteiger partial charge < -0.3 is 15.3 Å². The minimum Gasteiger partial charge on any atom is -0.394 e. The molecule has 1 aromatic rings. The number of carbonyl (C=O) groups is 1. The van der Waals surface area contributed by atoms with Crippen LogP contribution >= 0.6 is 11.6 Å². The minimum absolute atomic E-state index is 0.0559. The van der Waals surface area contributed by atoms with Crippen molar-refractivity contribution in [3.05, 3.63) is 28.8 Å². The number of aliphatic hydroxyl groups excluding tert-OH is 1. The van der Waals surface area contributed by atoms with Gasteiger partial charge in [-0.2, -0.15) is 0 Å². The van der Waals surface area contributed by atoms with Gasteiger partial charge in [0, 0.05) is 23.3 Å². The highest BCUT2D eigenvalue weighted by Crippen LogP contribution is 2.26. The predicted molar refractivity (Wildman–Crippen MR) is 72.0 cm³/mol. The fraction of sp³-hybridized carbons (Fsp3) is 0.462. The number of rotatable bonds is 2. The number of hydrogen-bond acceptors (Lipinski definition) is 3. The van der Waals surface area contributed by atoms with Crippen LogP contribution in [0.5, 0.6) is 0 Å². The Kier molecular flexibility index (Phi) is 3.78. The molecule has 1 heterocycles. The van der Waals surface area contributed by atoms with Crippen LogP contribution < -0.4 is 10.2 Å². The molecule has 1 aromatic carbocycles. The molecular formula is C13H17ClN2O2. The summed E-state index contributed by atoms with van der Waals surface area (Å²) < 4.78 is 0. The van der Waals surface area contributed by atoms with Gasteiger partial charge in [-0.25, -0.2) is 0 Å². The van der Waals surface area contributed by atoms with Crippen LogP contribution in [0.15, 0.2) is 18.2 Å². The number of piperazine rings is 1. The number of amides is 1. The lowest BCUT2D eigenvalue weighted by Crippen LogP contribution is -2.60. The van der Waals surface area contributed by atoms with Crippen molar-refractivity contribution in [2.75, 3.05) is 18.1 Å². The van der Waals surface area contributed by atoms with Gasteiger partial charge in [0.2, 0.25) is 5.91 Å². The summed E-state index contributed by atoms with van der Waals surface area (Å²) in [6.07, 6.45) is 0. The SMILES string of the molecule is Cc1ccc(N2CC(C)NC(=O)C2CO)cc1Cl. The van der Waals surface area contributed by atoms with E-state index < -0.39 is 6.04 Å². The Hall–Kier alpha value is -1.26. The Morgan fingerprint density at radius 3 is 2.89 bits per heavy atom. The van der Waals surface area contributed by atoms with Gasteiger partial charge in [0.25, 0.3) is 0 Å². The largest absolute Gasteiger partial charge is 0.394 e. The topological polar surface area (TPSA) is 52.6 Å². The minimum atomic E-state index is -0.542. The number of anilines is 1. The second kappa shape index (κ2) is 5.16. The molecular weight excluding hydrogens is 252 g/mol. The van der Waals surface area contributed by atoms with E-state index in [0.717, 1.165) is 11.3 Å². The number of halogens is 1. The molecule has 0 radical (unpaired) electrons. The van der Waals surface area contributed by atoms with E-state index in [1.54, 1.807) is 0 Å². The maximum absolute atomic E-state index is 11.8. The van der Waals surface area contributed by atoms with E-state index in [-0.39, 0.29) is 18.6 Å². The highest BCUT2D eigenvalue weighted by Gasteiger charge is 2.32. The summed E-state index contributed by atoms with van der Waals surface area (Å²) in [5.41, 5.74) is 1.86. The number of aryl methyl sites for hydroxylation is 1. The average Bonchev–Trinajstić information content (AvgIpc) is 2.32. The standard InChI is InChI=1S/C13H17ClN2O2/c1-8-3-4-10(5-11(8)14)16-6-9(2)15-13(18)12(16)7-17/h3-5,9,12,17H,6-7H2,1-2H3,(H,15,18). The number of nitrogens with one attached hydrogen (secondary N) is 1. The van der Waals surface area contributed by atoms with Crippen LogP contribution in [0, 0.1) is 6.92 Å². The molecule has 5 heteroatoms. The van der Waals surface area contributed by atoms with Crippen LogP contribution in [0.2, 0.25) is 5.02 Å². The van der Waals surface area contributed by atoms with Crippen LogP contribution in [0.1, 0.15) is 12.5 Å². The van der Waals surface area contributed by atoms with Gasteiger partial charge in [0.1, 0.15) is 6.04 Å². The van der Waals surface area contributed by atoms with Crippen molar-refractivity contribution < 1.29 is 9.90 Å². The monoisotopic (exact) mass is 268 g/mol. The molecule has 1 fully saturated rings. The van der Waals surface area contributed by atoms with Gasteiger partial charge >= 0.3 is 0 Å². The summed E-state index contributed by atoms with van der Waals surface area (Å²) >= 11 is 6.11. The normalized spacial score (nSPS) is 24.0. The fourth-order valence-electron chi connectivity index (χ4n) is 2.18. The Morgan fingerprint density at radius 2 is 2.28 bits per heavy atom. The Balaban J connectivity index is 2.33. The lowest BCUT2D eigenvalue weighted by Gasteiger charge is -2.39. The first-order valence-electron chi connectivity index (χ1n) is 5.97. The molecule has 1 amide bonds. The number of aliphatic hydroxyl groups is 1. The molecule has 2 N–H and O–H groups in total. The van der Waals surface area contributed by atoms with Gasteiger partial charge in [-0.05, 0) is 31.5 Å². The first-order chi connectivity index (χ1) is 8.52. The third kappa shape index (κ3) is 2.44. The smallest absolute Gasteiger partial charge is 0.245 e. The van der Waals surface area contributed by atoms with E-state index in [9.17, 15) is 9.90 Å². The summed E-state index contributed by atoms with van der Waals surface area (Å²) in [7, 11) is 0. The zero-order chi connectivity index (χ0) is 13.3. The molecule has 2 rings (SSSR count). The van der Waals surface area contributed by atoms with Crippen molar-refractivity contribution in [3.63, 3.8) is 0 Å². The Bertz CT molecular complexity index is 464. The maximum Gasteiger partial charge on any atom is 0.245 e. The molecule has 0 saturated carbocycles. The molecule has 0 aliphatic carbocycles. The van der Waals surface area contributed by atoms with E-state index in [1.165, 1.54) is 0 Å². The summed E-state index contributed by atoms with van der Waals surface area (Å²) in [5, 5.41) is 12.9. The number of carbonyl (C=O) groups excluding carboxylic acids is 1. The van der Waals surface area contributed by atoms with E-state index >= 15 is 0 Å². The molecule has 18 heavy (non-hydrogen) atoms. The van der Waals surface area contributed by atoms with Crippen LogP contribution in [0.3, 0.4) is 0 Å². The Labute approximate surface area is 112 Å². The predicted octanol–water partition coefficient (Wildman–Crippen LogP) is 1.33. The molecule has 1 aliphatic rings. The molecule has 2 atom stereocenters. The van der Waals surface area contributed by atoms with Crippen molar-refractivity contribution in [2.45, 2.75) is 25.9 Å². The summed E-state index contributed by atoms with van der Waals surface area (Å²) in [5.74, 6) is -0.145. The van der Waals surface area contributed by atoms with Crippen molar-refractivity contribution in [1.82, 2.24) is 5.32 Å². The third-order valence-corrected chi connectivity index (χ3v) is 3.61. The summed E-state index contributed by atoms with van der Waals surface area (Å²) in [4.78, 5) is 13.7. The average molecular weight is 269 g/mol. The van der Waals surface area contributed by atoms with E-state index in [1.807, 2.05) is 36.9 Å². The van der Waals surface area contributed by atoms with Crippen molar-refractivity contribution in [2.24, 2.45) is 0 Å². The van der Waals surface area contributed by atoms with Crippen molar-refractivity contribution in [1.29, 1.82) is 0 Å². The van der Waals surface area contributed by atoms with E-state index in [2.05, 4.69) is 5.32 Å². The van der Waals surface area contributed by atoms with Crippen LogP contribution in [-0.2, 0) is 4.79 Å².